The van der Waals surface area contributed by atoms with Gasteiger partial charge in [-0.25, -0.2) is 0 Å². The van der Waals surface area contributed by atoms with Crippen molar-refractivity contribution in [2.24, 2.45) is 0 Å². The van der Waals surface area contributed by atoms with E-state index in [1.165, 1.54) is 0 Å². The Morgan fingerprint density at radius 3 is 2.71 bits per heavy atom. The summed E-state index contributed by atoms with van der Waals surface area (Å²) < 4.78 is 5.38. The van der Waals surface area contributed by atoms with Crippen molar-refractivity contribution in [2.45, 2.75) is 39.2 Å². The maximum Gasteiger partial charge on any atom is 0.243 e. The van der Waals surface area contributed by atoms with E-state index in [0.717, 1.165) is 44.3 Å². The molecule has 1 N–H and O–H groups in total. The Hall–Kier alpha value is -0.940. The Morgan fingerprint density at radius 1 is 1.35 bits per heavy atom. The first-order valence-corrected chi connectivity index (χ1v) is 6.50. The highest BCUT2D eigenvalue weighted by Crippen LogP contribution is 2.21. The molecule has 1 saturated heterocycles. The maximum absolute atomic E-state index is 5.38. The van der Waals surface area contributed by atoms with Crippen molar-refractivity contribution in [1.29, 1.82) is 0 Å². The fraction of sp³-hybridized carbons (Fsp3) is 0.833. The first-order chi connectivity index (χ1) is 8.22. The zero-order valence-corrected chi connectivity index (χ0v) is 10.9. The van der Waals surface area contributed by atoms with Gasteiger partial charge < -0.3 is 9.84 Å². The minimum absolute atomic E-state index is 0.224. The van der Waals surface area contributed by atoms with Crippen LogP contribution < -0.4 is 5.32 Å². The zero-order chi connectivity index (χ0) is 12.3. The second-order valence-corrected chi connectivity index (χ2v) is 4.76. The van der Waals surface area contributed by atoms with Crippen LogP contribution >= 0.6 is 0 Å². The molecular formula is C12H22N4O. The van der Waals surface area contributed by atoms with Crippen molar-refractivity contribution >= 4 is 0 Å². The van der Waals surface area contributed by atoms with E-state index in [0.29, 0.717) is 5.92 Å². The van der Waals surface area contributed by atoms with Crippen LogP contribution in [0.25, 0.3) is 0 Å². The molecule has 2 heterocycles. The lowest BCUT2D eigenvalue weighted by molar-refractivity contribution is 0.154. The molecule has 0 saturated carbocycles. The standard InChI is InChI=1S/C12H22N4O/c1-4-9(2)11-14-12(17-15-11)10(3)16-7-5-13-6-8-16/h9-10,13H,4-8H2,1-3H3. The number of piperazine rings is 1. The second kappa shape index (κ2) is 5.60. The Labute approximate surface area is 103 Å². The van der Waals surface area contributed by atoms with Crippen LogP contribution in [0.2, 0.25) is 0 Å². The van der Waals surface area contributed by atoms with Gasteiger partial charge in [-0.15, -0.1) is 0 Å². The minimum Gasteiger partial charge on any atom is -0.338 e. The molecule has 1 aliphatic rings. The molecule has 5 heteroatoms. The summed E-state index contributed by atoms with van der Waals surface area (Å²) >= 11 is 0. The molecule has 2 rings (SSSR count). The minimum atomic E-state index is 0.224. The lowest BCUT2D eigenvalue weighted by Crippen LogP contribution is -2.44. The first kappa shape index (κ1) is 12.5. The van der Waals surface area contributed by atoms with Gasteiger partial charge in [0.05, 0.1) is 6.04 Å². The van der Waals surface area contributed by atoms with Crippen molar-refractivity contribution in [3.8, 4) is 0 Å². The Morgan fingerprint density at radius 2 is 2.06 bits per heavy atom. The predicted octanol–water partition coefficient (Wildman–Crippen LogP) is 1.55. The molecule has 0 spiro atoms. The van der Waals surface area contributed by atoms with E-state index >= 15 is 0 Å². The summed E-state index contributed by atoms with van der Waals surface area (Å²) in [6, 6.07) is 0.224. The number of nitrogens with one attached hydrogen (secondary N) is 1. The summed E-state index contributed by atoms with van der Waals surface area (Å²) in [5.74, 6) is 1.97. The van der Waals surface area contributed by atoms with Crippen LogP contribution in [0.4, 0.5) is 0 Å². The Kier molecular flexibility index (Phi) is 4.12. The van der Waals surface area contributed by atoms with Crippen LogP contribution in [0.1, 0.15) is 50.9 Å². The third-order valence-electron chi connectivity index (χ3n) is 3.57. The van der Waals surface area contributed by atoms with E-state index < -0.39 is 0 Å². The van der Waals surface area contributed by atoms with Crippen LogP contribution in [0.15, 0.2) is 4.52 Å². The number of hydrogen-bond donors (Lipinski definition) is 1. The van der Waals surface area contributed by atoms with Crippen molar-refractivity contribution in [3.05, 3.63) is 11.7 Å². The van der Waals surface area contributed by atoms with E-state index in [4.69, 9.17) is 4.52 Å². The molecule has 1 aromatic rings. The fourth-order valence-electron chi connectivity index (χ4n) is 2.03. The van der Waals surface area contributed by atoms with Gasteiger partial charge in [-0.1, -0.05) is 19.0 Å². The number of hydrogen-bond acceptors (Lipinski definition) is 5. The molecule has 0 aliphatic carbocycles. The monoisotopic (exact) mass is 238 g/mol. The molecule has 2 atom stereocenters. The lowest BCUT2D eigenvalue weighted by atomic mass is 10.1. The molecule has 1 aliphatic heterocycles. The molecule has 2 unspecified atom stereocenters. The van der Waals surface area contributed by atoms with Crippen LogP contribution in [0.3, 0.4) is 0 Å². The molecule has 0 amide bonds. The van der Waals surface area contributed by atoms with Gasteiger partial charge in [0.15, 0.2) is 5.82 Å². The van der Waals surface area contributed by atoms with E-state index in [2.05, 4.69) is 41.1 Å². The Bertz CT molecular complexity index is 346. The van der Waals surface area contributed by atoms with Crippen LogP contribution in [-0.4, -0.2) is 41.2 Å². The topological polar surface area (TPSA) is 54.2 Å². The van der Waals surface area contributed by atoms with Gasteiger partial charge in [0.2, 0.25) is 5.89 Å². The van der Waals surface area contributed by atoms with Gasteiger partial charge in [0.1, 0.15) is 0 Å². The molecular weight excluding hydrogens is 216 g/mol. The molecule has 0 bridgehead atoms. The van der Waals surface area contributed by atoms with Crippen LogP contribution in [0.5, 0.6) is 0 Å². The highest BCUT2D eigenvalue weighted by Gasteiger charge is 2.23. The normalized spacial score (nSPS) is 21.4. The van der Waals surface area contributed by atoms with Crippen molar-refractivity contribution < 1.29 is 4.52 Å². The summed E-state index contributed by atoms with van der Waals surface area (Å²) in [6.45, 7) is 10.6. The van der Waals surface area contributed by atoms with Gasteiger partial charge in [-0.05, 0) is 13.3 Å². The lowest BCUT2D eigenvalue weighted by Gasteiger charge is -2.30. The summed E-state index contributed by atoms with van der Waals surface area (Å²) in [5.41, 5.74) is 0. The van der Waals surface area contributed by atoms with E-state index in [1.54, 1.807) is 0 Å². The van der Waals surface area contributed by atoms with Gasteiger partial charge in [0.25, 0.3) is 0 Å². The molecule has 1 fully saturated rings. The van der Waals surface area contributed by atoms with Crippen LogP contribution in [0, 0.1) is 0 Å². The third kappa shape index (κ3) is 2.84. The number of aromatic nitrogens is 2. The van der Waals surface area contributed by atoms with Crippen molar-refractivity contribution in [1.82, 2.24) is 20.4 Å². The van der Waals surface area contributed by atoms with Gasteiger partial charge in [0, 0.05) is 32.1 Å². The zero-order valence-electron chi connectivity index (χ0n) is 10.9. The quantitative estimate of drug-likeness (QED) is 0.862. The van der Waals surface area contributed by atoms with Crippen LogP contribution in [-0.2, 0) is 0 Å². The molecule has 0 aromatic carbocycles. The molecule has 5 nitrogen and oxygen atoms in total. The largest absolute Gasteiger partial charge is 0.338 e. The molecule has 0 radical (unpaired) electrons. The van der Waals surface area contributed by atoms with Crippen molar-refractivity contribution in [3.63, 3.8) is 0 Å². The van der Waals surface area contributed by atoms with E-state index in [1.807, 2.05) is 0 Å². The second-order valence-electron chi connectivity index (χ2n) is 4.76. The number of nitrogens with zero attached hydrogens (tertiary/aromatic N) is 3. The SMILES string of the molecule is CCC(C)c1noc(C(C)N2CCNCC2)n1. The maximum atomic E-state index is 5.38. The predicted molar refractivity (Wildman–Crippen MR) is 65.9 cm³/mol. The van der Waals surface area contributed by atoms with Gasteiger partial charge in [-0.2, -0.15) is 4.98 Å². The molecule has 1 aromatic heterocycles. The first-order valence-electron chi connectivity index (χ1n) is 6.50. The highest BCUT2D eigenvalue weighted by molar-refractivity contribution is 4.97. The average molecular weight is 238 g/mol. The van der Waals surface area contributed by atoms with Gasteiger partial charge in [-0.3, -0.25) is 4.90 Å². The Balaban J connectivity index is 2.03. The fourth-order valence-corrected chi connectivity index (χ4v) is 2.03. The summed E-state index contributed by atoms with van der Waals surface area (Å²) in [7, 11) is 0. The summed E-state index contributed by atoms with van der Waals surface area (Å²) in [4.78, 5) is 6.90. The third-order valence-corrected chi connectivity index (χ3v) is 3.57. The van der Waals surface area contributed by atoms with E-state index in [-0.39, 0.29) is 6.04 Å². The smallest absolute Gasteiger partial charge is 0.243 e. The summed E-state index contributed by atoms with van der Waals surface area (Å²) in [5, 5.41) is 7.42. The molecule has 96 valence electrons. The molecule has 17 heavy (non-hydrogen) atoms. The number of rotatable bonds is 4. The highest BCUT2D eigenvalue weighted by atomic mass is 16.5. The van der Waals surface area contributed by atoms with Crippen molar-refractivity contribution in [2.75, 3.05) is 26.2 Å². The average Bonchev–Trinajstić information content (AvgIpc) is 2.87. The van der Waals surface area contributed by atoms with Gasteiger partial charge >= 0.3 is 0 Å². The van der Waals surface area contributed by atoms with E-state index in [9.17, 15) is 0 Å². The summed E-state index contributed by atoms with van der Waals surface area (Å²) in [6.07, 6.45) is 1.04.